The van der Waals surface area contributed by atoms with Gasteiger partial charge in [0.05, 0.1) is 24.4 Å². The van der Waals surface area contributed by atoms with E-state index in [1.54, 1.807) is 14.0 Å². The number of hydrogen-bond acceptors (Lipinski definition) is 6. The van der Waals surface area contributed by atoms with Gasteiger partial charge in [0.25, 0.3) is 11.8 Å². The topological polar surface area (TPSA) is 119 Å². The van der Waals surface area contributed by atoms with Crippen molar-refractivity contribution in [1.82, 2.24) is 23.9 Å². The molecule has 3 N–H and O–H groups in total. The van der Waals surface area contributed by atoms with Gasteiger partial charge >= 0.3 is 0 Å². The lowest BCUT2D eigenvalue weighted by Gasteiger charge is -2.39. The van der Waals surface area contributed by atoms with Crippen molar-refractivity contribution in [2.75, 3.05) is 26.7 Å². The minimum atomic E-state index is -0.572. The second-order valence-electron chi connectivity index (χ2n) is 15.1. The standard InChI is InChI=1S/C40H44N6O4/c1-23(47)27-10-11-28-16-34(44(33(28)15-27)20-24-8-9-24)38-42-31-14-30(40(49)45-22-29-12-13-32(45)36(29)41)17-35(50-2)37(31)46(38)21-25-18-43(19-25)39(48)26-6-4-3-5-7-26/h3-7,10-11,14-17,23-25,29,32,36,47H,8-9,12-13,18-22,41H2,1-2H3/t23?,29?,32?,36-/m1/s1. The third-order valence-corrected chi connectivity index (χ3v) is 11.7. The molecule has 10 nitrogen and oxygen atoms in total. The van der Waals surface area contributed by atoms with E-state index < -0.39 is 6.10 Å². The average Bonchev–Trinajstić information content (AvgIpc) is 3.48. The fraction of sp³-hybridized carbons (Fsp3) is 0.425. The lowest BCUT2D eigenvalue weighted by Crippen LogP contribution is -2.51. The molecule has 4 heterocycles. The smallest absolute Gasteiger partial charge is 0.254 e. The Kier molecular flexibility index (Phi) is 7.51. The van der Waals surface area contributed by atoms with Gasteiger partial charge in [-0.1, -0.05) is 30.3 Å². The fourth-order valence-electron chi connectivity index (χ4n) is 8.67. The molecule has 4 aliphatic rings. The van der Waals surface area contributed by atoms with Crippen LogP contribution in [0.1, 0.15) is 65.0 Å². The summed E-state index contributed by atoms with van der Waals surface area (Å²) in [7, 11) is 1.65. The van der Waals surface area contributed by atoms with E-state index in [9.17, 15) is 14.7 Å². The lowest BCUT2D eigenvalue weighted by atomic mass is 9.98. The number of benzene rings is 3. The quantitative estimate of drug-likeness (QED) is 0.215. The molecule has 50 heavy (non-hydrogen) atoms. The molecule has 2 aliphatic heterocycles. The van der Waals surface area contributed by atoms with Crippen molar-refractivity contribution >= 4 is 33.8 Å². The van der Waals surface area contributed by atoms with Crippen LogP contribution in [0, 0.1) is 17.8 Å². The maximum Gasteiger partial charge on any atom is 0.254 e. The molecule has 2 amide bonds. The second kappa shape index (κ2) is 12.0. The van der Waals surface area contributed by atoms with Gasteiger partial charge < -0.3 is 34.5 Å². The van der Waals surface area contributed by atoms with Crippen LogP contribution >= 0.6 is 0 Å². The number of nitrogens with two attached hydrogens (primary N) is 1. The number of piperidine rings is 1. The monoisotopic (exact) mass is 672 g/mol. The first kappa shape index (κ1) is 31.3. The number of hydrogen-bond donors (Lipinski definition) is 2. The molecule has 9 rings (SSSR count). The number of ether oxygens (including phenoxy) is 1. The zero-order valence-corrected chi connectivity index (χ0v) is 28.7. The number of carbonyl (C=O) groups is 2. The normalized spacial score (nSPS) is 22.4. The van der Waals surface area contributed by atoms with Gasteiger partial charge in [-0.2, -0.15) is 0 Å². The maximum atomic E-state index is 14.0. The highest BCUT2D eigenvalue weighted by Crippen LogP contribution is 2.41. The summed E-state index contributed by atoms with van der Waals surface area (Å²) >= 11 is 0. The highest BCUT2D eigenvalue weighted by atomic mass is 16.5. The SMILES string of the molecule is COc1cc(C(=O)N2CC3CCC2[C@@H]3N)cc2nc(-c3cc4ccc(C(C)O)cc4n3CC3CC3)n(CC3CN(C(=O)c4ccccc4)C3)c12. The fourth-order valence-corrected chi connectivity index (χ4v) is 8.67. The molecule has 4 atom stereocenters. The largest absolute Gasteiger partial charge is 0.494 e. The van der Waals surface area contributed by atoms with Crippen molar-refractivity contribution in [2.24, 2.45) is 23.5 Å². The third kappa shape index (κ3) is 5.19. The molecule has 2 aliphatic carbocycles. The summed E-state index contributed by atoms with van der Waals surface area (Å²) in [6.07, 6.45) is 3.84. The van der Waals surface area contributed by atoms with Crippen molar-refractivity contribution in [1.29, 1.82) is 0 Å². The maximum absolute atomic E-state index is 14.0. The van der Waals surface area contributed by atoms with Crippen LogP contribution < -0.4 is 10.5 Å². The molecule has 4 fully saturated rings. The first-order chi connectivity index (χ1) is 24.3. The number of nitrogens with zero attached hydrogens (tertiary/aromatic N) is 5. The highest BCUT2D eigenvalue weighted by Gasteiger charge is 2.47. The van der Waals surface area contributed by atoms with Gasteiger partial charge in [0.1, 0.15) is 11.3 Å². The van der Waals surface area contributed by atoms with Gasteiger partial charge in [0, 0.05) is 72.8 Å². The van der Waals surface area contributed by atoms with Crippen LogP contribution in [0.25, 0.3) is 33.5 Å². The van der Waals surface area contributed by atoms with E-state index in [0.29, 0.717) is 60.4 Å². The van der Waals surface area contributed by atoms with Crippen molar-refractivity contribution in [3.05, 3.63) is 83.4 Å². The predicted octanol–water partition coefficient (Wildman–Crippen LogP) is 5.46. The third-order valence-electron chi connectivity index (χ3n) is 11.7. The molecule has 0 radical (unpaired) electrons. The Morgan fingerprint density at radius 3 is 2.36 bits per heavy atom. The van der Waals surface area contributed by atoms with E-state index in [1.165, 1.54) is 12.8 Å². The van der Waals surface area contributed by atoms with Crippen molar-refractivity contribution in [3.63, 3.8) is 0 Å². The number of likely N-dealkylation sites (tertiary alicyclic amines) is 2. The number of aromatic nitrogens is 3. The van der Waals surface area contributed by atoms with Gasteiger partial charge in [0.15, 0.2) is 5.82 Å². The Balaban J connectivity index is 1.14. The van der Waals surface area contributed by atoms with Crippen LogP contribution in [0.2, 0.25) is 0 Å². The summed E-state index contributed by atoms with van der Waals surface area (Å²) in [5.41, 5.74) is 12.3. The van der Waals surface area contributed by atoms with Gasteiger partial charge in [-0.15, -0.1) is 0 Å². The number of carbonyl (C=O) groups excluding carboxylic acids is 2. The number of aliphatic hydroxyl groups excluding tert-OH is 1. The molecule has 2 bridgehead atoms. The number of aliphatic hydroxyl groups is 1. The van der Waals surface area contributed by atoms with Crippen LogP contribution in [0.3, 0.4) is 0 Å². The summed E-state index contributed by atoms with van der Waals surface area (Å²) < 4.78 is 10.7. The van der Waals surface area contributed by atoms with Crippen LogP contribution in [0.15, 0.2) is 66.7 Å². The van der Waals surface area contributed by atoms with E-state index in [4.69, 9.17) is 15.5 Å². The molecule has 258 valence electrons. The van der Waals surface area contributed by atoms with Crippen molar-refractivity contribution in [2.45, 2.75) is 63.9 Å². The summed E-state index contributed by atoms with van der Waals surface area (Å²) in [6.45, 7) is 5.29. The van der Waals surface area contributed by atoms with E-state index in [-0.39, 0.29) is 29.8 Å². The first-order valence-electron chi connectivity index (χ1n) is 18.1. The van der Waals surface area contributed by atoms with Crippen LogP contribution in [0.4, 0.5) is 0 Å². The number of methoxy groups -OCH3 is 1. The number of rotatable bonds is 9. The molecular weight excluding hydrogens is 628 g/mol. The first-order valence-corrected chi connectivity index (χ1v) is 18.1. The number of amides is 2. The molecule has 0 spiro atoms. The highest BCUT2D eigenvalue weighted by molar-refractivity contribution is 6.01. The summed E-state index contributed by atoms with van der Waals surface area (Å²) in [4.78, 5) is 36.4. The molecule has 2 aromatic heterocycles. The molecule has 2 saturated carbocycles. The number of imidazole rings is 1. The van der Waals surface area contributed by atoms with Gasteiger partial charge in [-0.3, -0.25) is 9.59 Å². The Bertz CT molecular complexity index is 2130. The van der Waals surface area contributed by atoms with Crippen LogP contribution in [-0.4, -0.2) is 79.7 Å². The van der Waals surface area contributed by atoms with Gasteiger partial charge in [-0.05, 0) is 86.4 Å². The molecule has 3 aromatic carbocycles. The summed E-state index contributed by atoms with van der Waals surface area (Å²) in [5.74, 6) is 2.62. The minimum absolute atomic E-state index is 0.0218. The van der Waals surface area contributed by atoms with Crippen molar-refractivity contribution in [3.8, 4) is 17.3 Å². The lowest BCUT2D eigenvalue weighted by molar-refractivity contribution is 0.0471. The minimum Gasteiger partial charge on any atom is -0.494 e. The van der Waals surface area contributed by atoms with Gasteiger partial charge in [-0.25, -0.2) is 4.98 Å². The van der Waals surface area contributed by atoms with E-state index in [2.05, 4.69) is 27.3 Å². The average molecular weight is 673 g/mol. The van der Waals surface area contributed by atoms with Crippen LogP contribution in [-0.2, 0) is 13.1 Å². The van der Waals surface area contributed by atoms with E-state index in [0.717, 1.165) is 52.9 Å². The van der Waals surface area contributed by atoms with E-state index in [1.807, 2.05) is 58.3 Å². The zero-order chi connectivity index (χ0) is 34.3. The van der Waals surface area contributed by atoms with Gasteiger partial charge in [0.2, 0.25) is 0 Å². The number of fused-ring (bicyclic) bond motifs is 4. The Hall–Kier alpha value is -4.67. The molecule has 2 saturated heterocycles. The van der Waals surface area contributed by atoms with Crippen LogP contribution in [0.5, 0.6) is 5.75 Å². The Morgan fingerprint density at radius 1 is 0.900 bits per heavy atom. The van der Waals surface area contributed by atoms with E-state index >= 15 is 0 Å². The molecule has 3 unspecified atom stereocenters. The molecule has 5 aromatic rings. The molecular formula is C40H44N6O4. The molecule has 10 heteroatoms. The Morgan fingerprint density at radius 2 is 1.68 bits per heavy atom. The Labute approximate surface area is 291 Å². The summed E-state index contributed by atoms with van der Waals surface area (Å²) in [6, 6.07) is 21.7. The predicted molar refractivity (Wildman–Crippen MR) is 192 cm³/mol. The van der Waals surface area contributed by atoms with Crippen molar-refractivity contribution < 1.29 is 19.4 Å². The zero-order valence-electron chi connectivity index (χ0n) is 28.7. The second-order valence-corrected chi connectivity index (χ2v) is 15.1. The summed E-state index contributed by atoms with van der Waals surface area (Å²) in [5, 5.41) is 11.5.